The number of rotatable bonds is 5. The SMILES string of the molecule is CS(=O)(=O)c1csc([C@@]2(C(=O)Nc3nccs3)C[C@H]2C2CCCC2)c1. The molecular formula is C17H20N2O3S3. The van der Waals surface area contributed by atoms with Crippen molar-refractivity contribution in [2.24, 2.45) is 11.8 Å². The Labute approximate surface area is 155 Å². The summed E-state index contributed by atoms with van der Waals surface area (Å²) in [5, 5.41) is 7.04. The second-order valence-electron chi connectivity index (χ2n) is 7.04. The maximum atomic E-state index is 13.1. The van der Waals surface area contributed by atoms with E-state index in [0.717, 1.165) is 11.3 Å². The van der Waals surface area contributed by atoms with Crippen LogP contribution < -0.4 is 5.32 Å². The third kappa shape index (κ3) is 3.04. The minimum atomic E-state index is -3.26. The second kappa shape index (κ2) is 6.17. The highest BCUT2D eigenvalue weighted by Crippen LogP contribution is 2.62. The van der Waals surface area contributed by atoms with E-state index in [2.05, 4.69) is 10.3 Å². The summed E-state index contributed by atoms with van der Waals surface area (Å²) in [6.45, 7) is 0. The van der Waals surface area contributed by atoms with Gasteiger partial charge < -0.3 is 5.32 Å². The molecule has 2 aliphatic carbocycles. The van der Waals surface area contributed by atoms with Crippen molar-refractivity contribution >= 4 is 43.5 Å². The van der Waals surface area contributed by atoms with Crippen molar-refractivity contribution in [2.75, 3.05) is 11.6 Å². The summed E-state index contributed by atoms with van der Waals surface area (Å²) in [5.74, 6) is 0.827. The van der Waals surface area contributed by atoms with Crippen LogP contribution in [0.25, 0.3) is 0 Å². The van der Waals surface area contributed by atoms with Gasteiger partial charge in [-0.1, -0.05) is 25.7 Å². The molecule has 1 N–H and O–H groups in total. The molecule has 0 bridgehead atoms. The molecule has 2 fully saturated rings. The fourth-order valence-electron chi connectivity index (χ4n) is 4.11. The van der Waals surface area contributed by atoms with Crippen molar-refractivity contribution < 1.29 is 13.2 Å². The number of thiazole rings is 1. The minimum Gasteiger partial charge on any atom is -0.301 e. The van der Waals surface area contributed by atoms with Crippen LogP contribution in [-0.2, 0) is 20.0 Å². The molecule has 0 aliphatic heterocycles. The van der Waals surface area contributed by atoms with Gasteiger partial charge in [0.15, 0.2) is 15.0 Å². The summed E-state index contributed by atoms with van der Waals surface area (Å²) in [6, 6.07) is 1.70. The molecule has 0 unspecified atom stereocenters. The predicted octanol–water partition coefficient (Wildman–Crippen LogP) is 3.69. The minimum absolute atomic E-state index is 0.0405. The summed E-state index contributed by atoms with van der Waals surface area (Å²) in [5.41, 5.74) is -0.589. The van der Waals surface area contributed by atoms with Crippen molar-refractivity contribution in [3.8, 4) is 0 Å². The summed E-state index contributed by atoms with van der Waals surface area (Å²) in [7, 11) is -3.26. The second-order valence-corrected chi connectivity index (χ2v) is 10.9. The Kier molecular flexibility index (Phi) is 4.24. The number of sulfone groups is 1. The monoisotopic (exact) mass is 396 g/mol. The van der Waals surface area contributed by atoms with Crippen molar-refractivity contribution in [1.82, 2.24) is 4.98 Å². The topological polar surface area (TPSA) is 76.1 Å². The summed E-state index contributed by atoms with van der Waals surface area (Å²) >= 11 is 2.79. The average Bonchev–Trinajstić information content (AvgIpc) is 3.10. The smallest absolute Gasteiger partial charge is 0.237 e. The standard InChI is InChI=1S/C17H20N2O3S3/c1-25(21,22)12-8-14(24-10-12)17(9-13(17)11-4-2-3-5-11)15(20)19-16-18-6-7-23-16/h6-8,10-11,13H,2-5,9H2,1H3,(H,18,19,20)/t13-,17+/m0/s1. The summed E-state index contributed by atoms with van der Waals surface area (Å²) in [4.78, 5) is 18.5. The van der Waals surface area contributed by atoms with Gasteiger partial charge in [-0.05, 0) is 24.3 Å². The van der Waals surface area contributed by atoms with Crippen molar-refractivity contribution in [3.05, 3.63) is 27.9 Å². The summed E-state index contributed by atoms with van der Waals surface area (Å²) in [6.07, 6.45) is 8.47. The van der Waals surface area contributed by atoms with Crippen LogP contribution in [0, 0.1) is 11.8 Å². The predicted molar refractivity (Wildman–Crippen MR) is 99.9 cm³/mol. The highest BCUT2D eigenvalue weighted by molar-refractivity contribution is 7.90. The number of hydrogen-bond donors (Lipinski definition) is 1. The van der Waals surface area contributed by atoms with E-state index in [0.29, 0.717) is 21.9 Å². The molecule has 2 aromatic heterocycles. The van der Waals surface area contributed by atoms with Gasteiger partial charge >= 0.3 is 0 Å². The van der Waals surface area contributed by atoms with Gasteiger partial charge in [-0.3, -0.25) is 4.79 Å². The van der Waals surface area contributed by atoms with Crippen molar-refractivity contribution in [2.45, 2.75) is 42.4 Å². The fraction of sp³-hybridized carbons (Fsp3) is 0.529. The third-order valence-electron chi connectivity index (χ3n) is 5.48. The van der Waals surface area contributed by atoms with E-state index >= 15 is 0 Å². The van der Waals surface area contributed by atoms with Gasteiger partial charge in [0.25, 0.3) is 0 Å². The Bertz CT molecular complexity index is 882. The molecule has 134 valence electrons. The Hall–Kier alpha value is -1.25. The molecule has 2 heterocycles. The van der Waals surface area contributed by atoms with Gasteiger partial charge in [0.05, 0.1) is 10.3 Å². The van der Waals surface area contributed by atoms with Crippen LogP contribution in [0.3, 0.4) is 0 Å². The van der Waals surface area contributed by atoms with Gasteiger partial charge in [-0.25, -0.2) is 13.4 Å². The zero-order valence-corrected chi connectivity index (χ0v) is 16.3. The normalized spacial score (nSPS) is 26.7. The zero-order valence-electron chi connectivity index (χ0n) is 13.9. The van der Waals surface area contributed by atoms with Crippen LogP contribution in [0.4, 0.5) is 5.13 Å². The van der Waals surface area contributed by atoms with E-state index in [4.69, 9.17) is 0 Å². The van der Waals surface area contributed by atoms with E-state index in [1.54, 1.807) is 17.6 Å². The largest absolute Gasteiger partial charge is 0.301 e. The van der Waals surface area contributed by atoms with Crippen LogP contribution in [0.15, 0.2) is 27.9 Å². The molecule has 25 heavy (non-hydrogen) atoms. The lowest BCUT2D eigenvalue weighted by Crippen LogP contribution is -2.30. The molecule has 2 saturated carbocycles. The van der Waals surface area contributed by atoms with Gasteiger partial charge in [0.2, 0.25) is 5.91 Å². The number of carbonyl (C=O) groups excluding carboxylic acids is 1. The number of amides is 1. The molecule has 0 aromatic carbocycles. The Morgan fingerprint density at radius 3 is 2.68 bits per heavy atom. The van der Waals surface area contributed by atoms with Gasteiger partial charge in [0, 0.05) is 28.1 Å². The third-order valence-corrected chi connectivity index (χ3v) is 8.52. The molecule has 0 spiro atoms. The van der Waals surface area contributed by atoms with Crippen LogP contribution in [0.1, 0.15) is 37.0 Å². The fourth-order valence-corrected chi connectivity index (χ4v) is 6.93. The molecule has 2 atom stereocenters. The van der Waals surface area contributed by atoms with E-state index < -0.39 is 15.3 Å². The average molecular weight is 397 g/mol. The first-order valence-corrected chi connectivity index (χ1v) is 12.1. The molecule has 4 rings (SSSR count). The number of aromatic nitrogens is 1. The number of nitrogens with zero attached hydrogens (tertiary/aromatic N) is 1. The Morgan fingerprint density at radius 2 is 2.08 bits per heavy atom. The van der Waals surface area contributed by atoms with Crippen LogP contribution in [0.2, 0.25) is 0 Å². The maximum absolute atomic E-state index is 13.1. The van der Waals surface area contributed by atoms with Gasteiger partial charge in [-0.15, -0.1) is 22.7 Å². The molecule has 0 saturated heterocycles. The van der Waals surface area contributed by atoms with Gasteiger partial charge in [-0.2, -0.15) is 0 Å². The van der Waals surface area contributed by atoms with Gasteiger partial charge in [0.1, 0.15) is 0 Å². The number of carbonyl (C=O) groups is 1. The number of nitrogens with one attached hydrogen (secondary N) is 1. The first-order valence-electron chi connectivity index (χ1n) is 8.41. The highest BCUT2D eigenvalue weighted by Gasteiger charge is 2.64. The number of hydrogen-bond acceptors (Lipinski definition) is 6. The molecule has 8 heteroatoms. The zero-order chi connectivity index (χ0) is 17.7. The number of anilines is 1. The lowest BCUT2D eigenvalue weighted by molar-refractivity contribution is -0.119. The first kappa shape index (κ1) is 17.2. The highest BCUT2D eigenvalue weighted by atomic mass is 32.2. The number of thiophene rings is 1. The van der Waals surface area contributed by atoms with Crippen molar-refractivity contribution in [1.29, 1.82) is 0 Å². The van der Waals surface area contributed by atoms with Crippen LogP contribution in [-0.4, -0.2) is 25.6 Å². The van der Waals surface area contributed by atoms with Crippen molar-refractivity contribution in [3.63, 3.8) is 0 Å². The maximum Gasteiger partial charge on any atom is 0.237 e. The molecular weight excluding hydrogens is 376 g/mol. The van der Waals surface area contributed by atoms with E-state index in [1.165, 1.54) is 54.6 Å². The Balaban J connectivity index is 1.67. The molecule has 5 nitrogen and oxygen atoms in total. The molecule has 2 aromatic rings. The summed E-state index contributed by atoms with van der Waals surface area (Å²) < 4.78 is 23.7. The lowest BCUT2D eigenvalue weighted by Gasteiger charge is -2.18. The van der Waals surface area contributed by atoms with E-state index in [9.17, 15) is 13.2 Å². The molecule has 0 radical (unpaired) electrons. The quantitative estimate of drug-likeness (QED) is 0.836. The van der Waals surface area contributed by atoms with E-state index in [1.807, 2.05) is 5.38 Å². The molecule has 1 amide bonds. The lowest BCUT2D eigenvalue weighted by atomic mass is 9.91. The Morgan fingerprint density at radius 1 is 1.32 bits per heavy atom. The van der Waals surface area contributed by atoms with E-state index in [-0.39, 0.29) is 5.91 Å². The first-order chi connectivity index (χ1) is 11.9. The molecule has 2 aliphatic rings. The van der Waals surface area contributed by atoms with Crippen LogP contribution in [0.5, 0.6) is 0 Å². The van der Waals surface area contributed by atoms with Crippen LogP contribution >= 0.6 is 22.7 Å².